The lowest BCUT2D eigenvalue weighted by Gasteiger charge is -2.13. The number of rotatable bonds is 6. The highest BCUT2D eigenvalue weighted by Crippen LogP contribution is 2.44. The Morgan fingerprint density at radius 1 is 0.808 bits per heavy atom. The molecule has 0 fully saturated rings. The lowest BCUT2D eigenvalue weighted by molar-refractivity contribution is -0.490. The van der Waals surface area contributed by atoms with Crippen LogP contribution in [0.15, 0.2) is 36.4 Å². The molecule has 0 spiro atoms. The second-order valence-corrected chi connectivity index (χ2v) is 4.91. The molecule has 134 valence electrons. The van der Waals surface area contributed by atoms with E-state index in [0.717, 1.165) is 7.05 Å². The SMILES string of the molecule is CN(c1ccccc1-c1c([N+](=O)[O-])cc([N+](=O)[O-])cc1[N+](=O)[O-])[N+](=O)[O-]. The summed E-state index contributed by atoms with van der Waals surface area (Å²) in [5, 5.41) is 44.4. The first-order valence-electron chi connectivity index (χ1n) is 6.73. The average molecular weight is 363 g/mol. The Hall–Kier alpha value is -4.16. The number of nitro benzene ring substituents is 3. The van der Waals surface area contributed by atoms with Gasteiger partial charge in [0, 0.05) is 5.56 Å². The normalized spacial score (nSPS) is 10.2. The predicted octanol–water partition coefficient (Wildman–Crippen LogP) is 2.71. The number of anilines is 1. The molecule has 0 aliphatic heterocycles. The summed E-state index contributed by atoms with van der Waals surface area (Å²) >= 11 is 0. The molecule has 0 aromatic heterocycles. The minimum atomic E-state index is -1.02. The van der Waals surface area contributed by atoms with Crippen molar-refractivity contribution in [3.05, 3.63) is 76.9 Å². The van der Waals surface area contributed by atoms with Gasteiger partial charge < -0.3 is 0 Å². The highest BCUT2D eigenvalue weighted by molar-refractivity contribution is 5.90. The largest absolute Gasteiger partial charge is 0.291 e. The van der Waals surface area contributed by atoms with Crippen LogP contribution in [-0.2, 0) is 0 Å². The van der Waals surface area contributed by atoms with E-state index in [1.54, 1.807) is 0 Å². The zero-order valence-electron chi connectivity index (χ0n) is 13.0. The number of nitro groups is 4. The third kappa shape index (κ3) is 3.21. The smallest absolute Gasteiger partial charge is 0.258 e. The second kappa shape index (κ2) is 6.76. The van der Waals surface area contributed by atoms with Gasteiger partial charge in [-0.25, -0.2) is 10.1 Å². The minimum absolute atomic E-state index is 0.155. The molecule has 2 aromatic carbocycles. The van der Waals surface area contributed by atoms with Crippen molar-refractivity contribution in [2.75, 3.05) is 12.1 Å². The van der Waals surface area contributed by atoms with Crippen LogP contribution < -0.4 is 5.01 Å². The standard InChI is InChI=1S/C13H9N5O8/c1-14(18(25)26)10-5-3-2-4-9(10)13-11(16(21)22)6-8(15(19)20)7-12(13)17(23)24/h2-7H,1H3. The van der Waals surface area contributed by atoms with Crippen LogP contribution in [0, 0.1) is 40.5 Å². The molecule has 26 heavy (non-hydrogen) atoms. The van der Waals surface area contributed by atoms with Gasteiger partial charge in [-0.15, -0.1) is 0 Å². The van der Waals surface area contributed by atoms with Crippen molar-refractivity contribution in [2.24, 2.45) is 0 Å². The lowest BCUT2D eigenvalue weighted by Crippen LogP contribution is -2.25. The fourth-order valence-corrected chi connectivity index (χ4v) is 2.32. The molecule has 2 rings (SSSR count). The number of non-ortho nitro benzene ring substituents is 1. The van der Waals surface area contributed by atoms with Crippen LogP contribution in [0.3, 0.4) is 0 Å². The van der Waals surface area contributed by atoms with Gasteiger partial charge in [-0.3, -0.25) is 30.3 Å². The summed E-state index contributed by atoms with van der Waals surface area (Å²) in [7, 11) is 1.06. The molecule has 0 aliphatic rings. The van der Waals surface area contributed by atoms with Gasteiger partial charge in [0.15, 0.2) is 5.03 Å². The molecule has 0 radical (unpaired) electrons. The van der Waals surface area contributed by atoms with E-state index in [2.05, 4.69) is 0 Å². The summed E-state index contributed by atoms with van der Waals surface area (Å²) < 4.78 is 0. The van der Waals surface area contributed by atoms with Crippen molar-refractivity contribution < 1.29 is 19.8 Å². The Kier molecular flexibility index (Phi) is 4.73. The van der Waals surface area contributed by atoms with Gasteiger partial charge in [0.05, 0.1) is 34.0 Å². The number of hydrogen-bond acceptors (Lipinski definition) is 8. The summed E-state index contributed by atoms with van der Waals surface area (Å²) in [6.45, 7) is 0. The van der Waals surface area contributed by atoms with Crippen molar-refractivity contribution in [1.29, 1.82) is 0 Å². The molecule has 0 saturated heterocycles. The van der Waals surface area contributed by atoms with Crippen molar-refractivity contribution in [1.82, 2.24) is 0 Å². The van der Waals surface area contributed by atoms with Gasteiger partial charge in [-0.05, 0) is 6.07 Å². The van der Waals surface area contributed by atoms with Crippen LogP contribution >= 0.6 is 0 Å². The first-order valence-corrected chi connectivity index (χ1v) is 6.73. The fraction of sp³-hybridized carbons (Fsp3) is 0.0769. The second-order valence-electron chi connectivity index (χ2n) is 4.91. The molecule has 2 aromatic rings. The molecule has 0 unspecified atom stereocenters. The average Bonchev–Trinajstić information content (AvgIpc) is 2.59. The third-order valence-electron chi connectivity index (χ3n) is 3.45. The fourth-order valence-electron chi connectivity index (χ4n) is 2.32. The van der Waals surface area contributed by atoms with Crippen molar-refractivity contribution >= 4 is 22.7 Å². The monoisotopic (exact) mass is 363 g/mol. The highest BCUT2D eigenvalue weighted by atomic mass is 16.7. The molecular weight excluding hydrogens is 354 g/mol. The summed E-state index contributed by atoms with van der Waals surface area (Å²) in [4.78, 5) is 41.7. The molecule has 0 saturated carbocycles. The van der Waals surface area contributed by atoms with E-state index in [0.29, 0.717) is 17.1 Å². The Morgan fingerprint density at radius 2 is 1.31 bits per heavy atom. The summed E-state index contributed by atoms with van der Waals surface area (Å²) in [5.74, 6) is 0. The zero-order chi connectivity index (χ0) is 19.6. The molecule has 0 bridgehead atoms. The Bertz CT molecular complexity index is 909. The van der Waals surface area contributed by atoms with Gasteiger partial charge in [-0.2, -0.15) is 0 Å². The molecule has 0 amide bonds. The van der Waals surface area contributed by atoms with Gasteiger partial charge >= 0.3 is 0 Å². The quantitative estimate of drug-likeness (QED) is 0.551. The van der Waals surface area contributed by atoms with Gasteiger partial charge in [-0.1, -0.05) is 23.2 Å². The maximum Gasteiger partial charge on any atom is 0.291 e. The summed E-state index contributed by atoms with van der Waals surface area (Å²) in [5.41, 5.74) is -3.55. The van der Waals surface area contributed by atoms with Crippen LogP contribution in [0.1, 0.15) is 0 Å². The molecule has 0 heterocycles. The Morgan fingerprint density at radius 3 is 1.73 bits per heavy atom. The van der Waals surface area contributed by atoms with E-state index in [1.165, 1.54) is 24.3 Å². The van der Waals surface area contributed by atoms with Crippen LogP contribution in [-0.4, -0.2) is 26.8 Å². The Balaban J connectivity index is 2.94. The Labute approximate surface area is 143 Å². The van der Waals surface area contributed by atoms with Gasteiger partial charge in [0.25, 0.3) is 17.1 Å². The van der Waals surface area contributed by atoms with Crippen LogP contribution in [0.5, 0.6) is 0 Å². The van der Waals surface area contributed by atoms with Gasteiger partial charge in [0.2, 0.25) is 0 Å². The van der Waals surface area contributed by atoms with E-state index < -0.39 is 42.4 Å². The number of para-hydroxylation sites is 1. The van der Waals surface area contributed by atoms with Crippen LogP contribution in [0.4, 0.5) is 22.7 Å². The third-order valence-corrected chi connectivity index (χ3v) is 3.45. The van der Waals surface area contributed by atoms with Crippen molar-refractivity contribution in [3.63, 3.8) is 0 Å². The molecule has 13 heteroatoms. The maximum atomic E-state index is 11.4. The van der Waals surface area contributed by atoms with Crippen molar-refractivity contribution in [2.45, 2.75) is 0 Å². The summed E-state index contributed by atoms with van der Waals surface area (Å²) in [6.07, 6.45) is 0. The number of hydrogen-bond donors (Lipinski definition) is 0. The van der Waals surface area contributed by atoms with E-state index in [-0.39, 0.29) is 11.3 Å². The minimum Gasteiger partial charge on any atom is -0.258 e. The zero-order valence-corrected chi connectivity index (χ0v) is 13.0. The van der Waals surface area contributed by atoms with E-state index in [4.69, 9.17) is 0 Å². The van der Waals surface area contributed by atoms with E-state index >= 15 is 0 Å². The predicted molar refractivity (Wildman–Crippen MR) is 87.2 cm³/mol. The van der Waals surface area contributed by atoms with E-state index in [1.807, 2.05) is 0 Å². The van der Waals surface area contributed by atoms with Crippen molar-refractivity contribution in [3.8, 4) is 11.1 Å². The lowest BCUT2D eigenvalue weighted by atomic mass is 9.99. The number of benzene rings is 2. The topological polar surface area (TPSA) is 176 Å². The highest BCUT2D eigenvalue weighted by Gasteiger charge is 2.34. The first-order chi connectivity index (χ1) is 12.1. The molecule has 0 aliphatic carbocycles. The van der Waals surface area contributed by atoms with Crippen LogP contribution in [0.2, 0.25) is 0 Å². The number of nitrogens with zero attached hydrogens (tertiary/aromatic N) is 5. The molecular formula is C13H9N5O8. The number of hydrazine groups is 1. The molecule has 0 N–H and O–H groups in total. The van der Waals surface area contributed by atoms with Gasteiger partial charge in [0.1, 0.15) is 11.3 Å². The first kappa shape index (κ1) is 18.2. The maximum absolute atomic E-state index is 11.4. The molecule has 13 nitrogen and oxygen atoms in total. The van der Waals surface area contributed by atoms with Crippen LogP contribution in [0.25, 0.3) is 11.1 Å². The summed E-state index contributed by atoms with van der Waals surface area (Å²) in [6, 6.07) is 6.39. The van der Waals surface area contributed by atoms with E-state index in [9.17, 15) is 40.5 Å². The molecule has 0 atom stereocenters.